The molecule has 3 heterocycles. The second-order valence-electron chi connectivity index (χ2n) is 5.76. The van der Waals surface area contributed by atoms with Crippen LogP contribution >= 0.6 is 24.4 Å². The molecule has 26 heavy (non-hydrogen) atoms. The summed E-state index contributed by atoms with van der Waals surface area (Å²) in [6, 6.07) is 5.91. The number of nitrogens with two attached hydrogens (primary N) is 1. The van der Waals surface area contributed by atoms with Gasteiger partial charge in [0.15, 0.2) is 11.4 Å². The number of ether oxygens (including phenoxy) is 2. The Morgan fingerprint density at radius 1 is 1.38 bits per heavy atom. The van der Waals surface area contributed by atoms with Crippen molar-refractivity contribution in [3.63, 3.8) is 0 Å². The third kappa shape index (κ3) is 3.00. The highest BCUT2D eigenvalue weighted by molar-refractivity contribution is 7.80. The number of para-hydroxylation sites is 1. The molecule has 2 bridgehead atoms. The summed E-state index contributed by atoms with van der Waals surface area (Å²) in [6.45, 7) is 0.357. The Kier molecular flexibility index (Phi) is 4.48. The lowest BCUT2D eigenvalue weighted by Crippen LogP contribution is -2.39. The van der Waals surface area contributed by atoms with E-state index in [4.69, 9.17) is 39.6 Å². The molecule has 0 spiro atoms. The number of aromatic nitrogens is 4. The molecule has 3 atom stereocenters. The highest BCUT2D eigenvalue weighted by Crippen LogP contribution is 2.33. The summed E-state index contributed by atoms with van der Waals surface area (Å²) in [7, 11) is 0. The van der Waals surface area contributed by atoms with Gasteiger partial charge in [0.05, 0.1) is 18.4 Å². The summed E-state index contributed by atoms with van der Waals surface area (Å²) in [5.41, 5.74) is 8.75. The number of hydrazone groups is 1. The van der Waals surface area contributed by atoms with Crippen LogP contribution in [0.3, 0.4) is 0 Å². The van der Waals surface area contributed by atoms with Gasteiger partial charge in [0, 0.05) is 6.42 Å². The first kappa shape index (κ1) is 17.1. The lowest BCUT2D eigenvalue weighted by Gasteiger charge is -2.27. The van der Waals surface area contributed by atoms with Crippen LogP contribution in [0.4, 0.5) is 4.39 Å². The van der Waals surface area contributed by atoms with E-state index in [1.165, 1.54) is 15.4 Å². The highest BCUT2D eigenvalue weighted by Gasteiger charge is 2.44. The SMILES string of the molecule is NC(=S)N/N=C1/CC(n2nnn(-c3ccccc3F)c2=S)C2COC1O2. The number of tetrazole rings is 1. The maximum atomic E-state index is 14.1. The minimum Gasteiger partial charge on any atom is -0.375 e. The molecule has 9 nitrogen and oxygen atoms in total. The number of nitrogens with zero attached hydrogens (tertiary/aromatic N) is 5. The van der Waals surface area contributed by atoms with Crippen LogP contribution in [0, 0.1) is 10.6 Å². The Hall–Kier alpha value is -2.28. The predicted octanol–water partition coefficient (Wildman–Crippen LogP) is 0.813. The quantitative estimate of drug-likeness (QED) is 0.581. The normalized spacial score (nSPS) is 26.2. The summed E-state index contributed by atoms with van der Waals surface area (Å²) in [6.07, 6.45) is -0.370. The molecule has 2 aliphatic heterocycles. The second-order valence-corrected chi connectivity index (χ2v) is 6.56. The van der Waals surface area contributed by atoms with Crippen molar-refractivity contribution < 1.29 is 13.9 Å². The molecule has 1 aromatic heterocycles. The van der Waals surface area contributed by atoms with Crippen molar-refractivity contribution in [1.82, 2.24) is 25.2 Å². The number of halogens is 1. The van der Waals surface area contributed by atoms with Gasteiger partial charge in [-0.1, -0.05) is 12.1 Å². The van der Waals surface area contributed by atoms with Crippen LogP contribution in [0.25, 0.3) is 5.69 Å². The molecule has 2 fully saturated rings. The third-order valence-electron chi connectivity index (χ3n) is 4.14. The van der Waals surface area contributed by atoms with Gasteiger partial charge in [-0.2, -0.15) is 9.78 Å². The van der Waals surface area contributed by atoms with E-state index in [0.717, 1.165) is 0 Å². The Bertz CT molecular complexity index is 943. The first-order valence-corrected chi connectivity index (χ1v) is 8.54. The molecule has 12 heteroatoms. The fourth-order valence-electron chi connectivity index (χ4n) is 2.95. The zero-order valence-corrected chi connectivity index (χ0v) is 14.9. The molecule has 4 rings (SSSR count). The van der Waals surface area contributed by atoms with E-state index < -0.39 is 12.1 Å². The Balaban J connectivity index is 1.68. The minimum atomic E-state index is -0.561. The first-order chi connectivity index (χ1) is 12.5. The van der Waals surface area contributed by atoms with E-state index in [1.54, 1.807) is 18.2 Å². The lowest BCUT2D eigenvalue weighted by molar-refractivity contribution is -0.0324. The minimum absolute atomic E-state index is 0.0382. The van der Waals surface area contributed by atoms with Gasteiger partial charge in [-0.3, -0.25) is 5.43 Å². The molecular formula is C14H14FN7O2S2. The van der Waals surface area contributed by atoms with Crippen molar-refractivity contribution in [1.29, 1.82) is 0 Å². The number of hydrogen-bond acceptors (Lipinski definition) is 7. The summed E-state index contributed by atoms with van der Waals surface area (Å²) >= 11 is 10.2. The molecular weight excluding hydrogens is 381 g/mol. The van der Waals surface area contributed by atoms with E-state index in [2.05, 4.69) is 21.0 Å². The third-order valence-corrected chi connectivity index (χ3v) is 4.59. The van der Waals surface area contributed by atoms with E-state index in [9.17, 15) is 4.39 Å². The van der Waals surface area contributed by atoms with E-state index in [0.29, 0.717) is 18.7 Å². The molecule has 2 aliphatic rings. The standard InChI is InChI=1S/C14H14FN7O2S2/c15-7-3-1-2-4-9(7)21-14(26)22(20-19-21)10-5-8(17-18-13(16)25)12-23-6-11(10)24-12/h1-4,10-12H,5-6H2,(H3,16,18,25)/b17-8-. The predicted molar refractivity (Wildman–Crippen MR) is 95.8 cm³/mol. The van der Waals surface area contributed by atoms with Gasteiger partial charge in [-0.25, -0.2) is 9.07 Å². The van der Waals surface area contributed by atoms with Crippen LogP contribution in [0.2, 0.25) is 0 Å². The summed E-state index contributed by atoms with van der Waals surface area (Å²) in [4.78, 5) is 0. The van der Waals surface area contributed by atoms with E-state index in [1.807, 2.05) is 0 Å². The molecule has 0 radical (unpaired) electrons. The van der Waals surface area contributed by atoms with Gasteiger partial charge in [0.1, 0.15) is 17.6 Å². The highest BCUT2D eigenvalue weighted by atomic mass is 32.1. The van der Waals surface area contributed by atoms with Gasteiger partial charge in [0.2, 0.25) is 4.77 Å². The van der Waals surface area contributed by atoms with Crippen LogP contribution in [-0.4, -0.2) is 49.6 Å². The zero-order chi connectivity index (χ0) is 18.3. The average Bonchev–Trinajstić information content (AvgIpc) is 3.20. The van der Waals surface area contributed by atoms with E-state index >= 15 is 0 Å². The Labute approximate surface area is 157 Å². The summed E-state index contributed by atoms with van der Waals surface area (Å²) in [5.74, 6) is -0.442. The molecule has 1 aromatic carbocycles. The van der Waals surface area contributed by atoms with Crippen molar-refractivity contribution >= 4 is 35.3 Å². The zero-order valence-electron chi connectivity index (χ0n) is 13.3. The van der Waals surface area contributed by atoms with E-state index in [-0.39, 0.29) is 27.7 Å². The topological polar surface area (TPSA) is 105 Å². The molecule has 3 unspecified atom stereocenters. The molecule has 3 N–H and O–H groups in total. The fourth-order valence-corrected chi connectivity index (χ4v) is 3.30. The summed E-state index contributed by atoms with van der Waals surface area (Å²) < 4.78 is 28.5. The molecule has 2 saturated heterocycles. The molecule has 136 valence electrons. The van der Waals surface area contributed by atoms with Gasteiger partial charge < -0.3 is 15.2 Å². The number of fused-ring (bicyclic) bond motifs is 2. The van der Waals surface area contributed by atoms with Crippen LogP contribution in [-0.2, 0) is 9.47 Å². The van der Waals surface area contributed by atoms with Crippen molar-refractivity contribution in [2.24, 2.45) is 10.8 Å². The van der Waals surface area contributed by atoms with Crippen molar-refractivity contribution in [2.75, 3.05) is 6.61 Å². The van der Waals surface area contributed by atoms with Crippen LogP contribution < -0.4 is 11.2 Å². The second kappa shape index (κ2) is 6.79. The molecule has 2 aromatic rings. The van der Waals surface area contributed by atoms with Crippen molar-refractivity contribution in [3.05, 3.63) is 34.9 Å². The number of rotatable bonds is 3. The van der Waals surface area contributed by atoms with Gasteiger partial charge in [-0.15, -0.1) is 0 Å². The monoisotopic (exact) mass is 395 g/mol. The van der Waals surface area contributed by atoms with Crippen LogP contribution in [0.1, 0.15) is 12.5 Å². The number of nitrogens with one attached hydrogen (secondary N) is 1. The van der Waals surface area contributed by atoms with Crippen molar-refractivity contribution in [2.45, 2.75) is 24.9 Å². The molecule has 0 aliphatic carbocycles. The largest absolute Gasteiger partial charge is 0.375 e. The smallest absolute Gasteiger partial charge is 0.221 e. The first-order valence-electron chi connectivity index (χ1n) is 7.73. The summed E-state index contributed by atoms with van der Waals surface area (Å²) in [5, 5.41) is 12.3. The fraction of sp³-hybridized carbons (Fsp3) is 0.357. The number of hydrogen-bond donors (Lipinski definition) is 2. The molecule has 0 amide bonds. The maximum Gasteiger partial charge on any atom is 0.221 e. The molecule has 0 saturated carbocycles. The van der Waals surface area contributed by atoms with Crippen molar-refractivity contribution in [3.8, 4) is 5.69 Å². The number of thiocarbonyl (C=S) groups is 1. The van der Waals surface area contributed by atoms with Crippen LogP contribution in [0.5, 0.6) is 0 Å². The van der Waals surface area contributed by atoms with Crippen LogP contribution in [0.15, 0.2) is 29.4 Å². The maximum absolute atomic E-state index is 14.1. The van der Waals surface area contributed by atoms with Gasteiger partial charge in [0.25, 0.3) is 0 Å². The lowest BCUT2D eigenvalue weighted by atomic mass is 10.0. The Morgan fingerprint density at radius 3 is 2.96 bits per heavy atom. The Morgan fingerprint density at radius 2 is 2.19 bits per heavy atom. The number of benzene rings is 1. The van der Waals surface area contributed by atoms with Gasteiger partial charge >= 0.3 is 0 Å². The average molecular weight is 395 g/mol. The van der Waals surface area contributed by atoms with Gasteiger partial charge in [-0.05, 0) is 47.0 Å².